The molecule has 27 heavy (non-hydrogen) atoms. The standard InChI is InChI=1S/C17H18F3N5O2/c18-17(19,20)27-14-6-4-12(5-7-14)23-16(26)24-13-10-21-15(22-11-13)25-8-2-1-3-9-25/h4-7,10-11H,1-3,8-9H2,(H2,23,24,26). The van der Waals surface area contributed by atoms with Crippen LogP contribution in [0.1, 0.15) is 19.3 Å². The number of anilines is 3. The summed E-state index contributed by atoms with van der Waals surface area (Å²) < 4.78 is 40.1. The molecule has 0 atom stereocenters. The molecule has 1 aromatic heterocycles. The first-order valence-corrected chi connectivity index (χ1v) is 8.40. The molecule has 1 saturated heterocycles. The van der Waals surface area contributed by atoms with Crippen molar-refractivity contribution in [2.75, 3.05) is 28.6 Å². The lowest BCUT2D eigenvalue weighted by Crippen LogP contribution is -2.31. The van der Waals surface area contributed by atoms with Crippen LogP contribution in [0.5, 0.6) is 5.75 Å². The number of amides is 2. The number of hydrogen-bond acceptors (Lipinski definition) is 5. The van der Waals surface area contributed by atoms with Crippen molar-refractivity contribution in [1.29, 1.82) is 0 Å². The van der Waals surface area contributed by atoms with E-state index in [1.54, 1.807) is 0 Å². The quantitative estimate of drug-likeness (QED) is 0.837. The number of alkyl halides is 3. The van der Waals surface area contributed by atoms with Crippen LogP contribution in [0.3, 0.4) is 0 Å². The predicted molar refractivity (Wildman–Crippen MR) is 93.9 cm³/mol. The zero-order valence-electron chi connectivity index (χ0n) is 14.3. The van der Waals surface area contributed by atoms with E-state index in [9.17, 15) is 18.0 Å². The van der Waals surface area contributed by atoms with Crippen molar-refractivity contribution in [2.24, 2.45) is 0 Å². The van der Waals surface area contributed by atoms with Crippen LogP contribution in [0.2, 0.25) is 0 Å². The number of nitrogens with one attached hydrogen (secondary N) is 2. The fourth-order valence-corrected chi connectivity index (χ4v) is 2.68. The molecule has 0 bridgehead atoms. The largest absolute Gasteiger partial charge is 0.573 e. The van der Waals surface area contributed by atoms with Gasteiger partial charge in [-0.3, -0.25) is 0 Å². The molecule has 0 radical (unpaired) electrons. The van der Waals surface area contributed by atoms with Gasteiger partial charge in [-0.15, -0.1) is 13.2 Å². The Morgan fingerprint density at radius 1 is 0.963 bits per heavy atom. The number of aromatic nitrogens is 2. The van der Waals surface area contributed by atoms with E-state index in [4.69, 9.17) is 0 Å². The number of benzene rings is 1. The Labute approximate surface area is 153 Å². The van der Waals surface area contributed by atoms with E-state index in [-0.39, 0.29) is 5.75 Å². The molecule has 144 valence electrons. The fourth-order valence-electron chi connectivity index (χ4n) is 2.68. The van der Waals surface area contributed by atoms with Crippen molar-refractivity contribution in [3.63, 3.8) is 0 Å². The molecule has 0 spiro atoms. The van der Waals surface area contributed by atoms with Gasteiger partial charge in [0.05, 0.1) is 18.1 Å². The van der Waals surface area contributed by atoms with Crippen LogP contribution in [0.15, 0.2) is 36.7 Å². The summed E-state index contributed by atoms with van der Waals surface area (Å²) in [5, 5.41) is 5.07. The monoisotopic (exact) mass is 381 g/mol. The molecule has 2 heterocycles. The van der Waals surface area contributed by atoms with Gasteiger partial charge in [0.2, 0.25) is 5.95 Å². The summed E-state index contributed by atoms with van der Waals surface area (Å²) >= 11 is 0. The first kappa shape index (κ1) is 18.7. The highest BCUT2D eigenvalue weighted by Gasteiger charge is 2.30. The molecule has 3 rings (SSSR count). The van der Waals surface area contributed by atoms with Gasteiger partial charge in [0.25, 0.3) is 0 Å². The van der Waals surface area contributed by atoms with Gasteiger partial charge in [0, 0.05) is 18.8 Å². The highest BCUT2D eigenvalue weighted by molar-refractivity contribution is 5.99. The zero-order chi connectivity index (χ0) is 19.3. The molecule has 2 N–H and O–H groups in total. The normalized spacial score (nSPS) is 14.6. The van der Waals surface area contributed by atoms with Crippen LogP contribution in [-0.2, 0) is 0 Å². The van der Waals surface area contributed by atoms with Gasteiger partial charge >= 0.3 is 12.4 Å². The first-order chi connectivity index (χ1) is 12.9. The number of ether oxygens (including phenoxy) is 1. The van der Waals surface area contributed by atoms with Crippen LogP contribution in [0.4, 0.5) is 35.3 Å². The Morgan fingerprint density at radius 2 is 1.56 bits per heavy atom. The third kappa shape index (κ3) is 5.73. The fraction of sp³-hybridized carbons (Fsp3) is 0.353. The molecular weight excluding hydrogens is 363 g/mol. The number of carbonyl (C=O) groups excluding carboxylic acids is 1. The maximum Gasteiger partial charge on any atom is 0.573 e. The van der Waals surface area contributed by atoms with Crippen LogP contribution in [-0.4, -0.2) is 35.5 Å². The smallest absolute Gasteiger partial charge is 0.406 e. The Hall–Kier alpha value is -3.04. The van der Waals surface area contributed by atoms with Crippen molar-refractivity contribution in [3.8, 4) is 5.75 Å². The molecule has 2 aromatic rings. The summed E-state index contributed by atoms with van der Waals surface area (Å²) in [5.74, 6) is 0.260. The molecule has 0 aliphatic carbocycles. The number of hydrogen-bond donors (Lipinski definition) is 2. The van der Waals surface area contributed by atoms with Gasteiger partial charge in [-0.2, -0.15) is 0 Å². The molecule has 10 heteroatoms. The Morgan fingerprint density at radius 3 is 2.15 bits per heavy atom. The van der Waals surface area contributed by atoms with Crippen LogP contribution >= 0.6 is 0 Å². The number of nitrogens with zero attached hydrogens (tertiary/aromatic N) is 3. The van der Waals surface area contributed by atoms with Crippen LogP contribution in [0.25, 0.3) is 0 Å². The zero-order valence-corrected chi connectivity index (χ0v) is 14.3. The van der Waals surface area contributed by atoms with Gasteiger partial charge in [0.1, 0.15) is 5.75 Å². The van der Waals surface area contributed by atoms with Crippen LogP contribution in [0, 0.1) is 0 Å². The van der Waals surface area contributed by atoms with Crippen molar-refractivity contribution in [1.82, 2.24) is 9.97 Å². The Balaban J connectivity index is 1.53. The first-order valence-electron chi connectivity index (χ1n) is 8.40. The number of urea groups is 1. The molecule has 1 fully saturated rings. The minimum Gasteiger partial charge on any atom is -0.406 e. The van der Waals surface area contributed by atoms with Crippen molar-refractivity contribution in [3.05, 3.63) is 36.7 Å². The SMILES string of the molecule is O=C(Nc1ccc(OC(F)(F)F)cc1)Nc1cnc(N2CCCCC2)nc1. The van der Waals surface area contributed by atoms with E-state index >= 15 is 0 Å². The molecule has 1 aromatic carbocycles. The summed E-state index contributed by atoms with van der Waals surface area (Å²) in [6, 6.07) is 4.26. The van der Waals surface area contributed by atoms with Crippen molar-refractivity contribution in [2.45, 2.75) is 25.6 Å². The summed E-state index contributed by atoms with van der Waals surface area (Å²) in [4.78, 5) is 22.6. The topological polar surface area (TPSA) is 79.4 Å². The lowest BCUT2D eigenvalue weighted by molar-refractivity contribution is -0.274. The average Bonchev–Trinajstić information content (AvgIpc) is 2.63. The molecule has 1 aliphatic rings. The molecule has 7 nitrogen and oxygen atoms in total. The summed E-state index contributed by atoms with van der Waals surface area (Å²) in [7, 11) is 0. The molecule has 2 amide bonds. The Bertz CT molecular complexity index is 760. The second-order valence-corrected chi connectivity index (χ2v) is 5.97. The second-order valence-electron chi connectivity index (χ2n) is 5.97. The molecule has 0 saturated carbocycles. The molecule has 1 aliphatic heterocycles. The number of halogens is 3. The van der Waals surface area contributed by atoms with Gasteiger partial charge in [0.15, 0.2) is 0 Å². The number of rotatable bonds is 4. The maximum atomic E-state index is 12.1. The van der Waals surface area contributed by atoms with Crippen molar-refractivity contribution >= 4 is 23.4 Å². The van der Waals surface area contributed by atoms with Gasteiger partial charge in [-0.05, 0) is 43.5 Å². The van der Waals surface area contributed by atoms with Gasteiger partial charge in [-0.1, -0.05) is 0 Å². The summed E-state index contributed by atoms with van der Waals surface area (Å²) in [6.07, 6.45) is 1.69. The number of carbonyl (C=O) groups is 1. The van der Waals surface area contributed by atoms with E-state index in [1.807, 2.05) is 0 Å². The summed E-state index contributed by atoms with van der Waals surface area (Å²) in [5.41, 5.74) is 0.721. The molecular formula is C17H18F3N5O2. The maximum absolute atomic E-state index is 12.1. The highest BCUT2D eigenvalue weighted by Crippen LogP contribution is 2.24. The van der Waals surface area contributed by atoms with Crippen molar-refractivity contribution < 1.29 is 22.7 Å². The minimum absolute atomic E-state index is 0.313. The van der Waals surface area contributed by atoms with E-state index < -0.39 is 12.4 Å². The second kappa shape index (κ2) is 8.11. The van der Waals surface area contributed by atoms with Crippen LogP contribution < -0.4 is 20.3 Å². The lowest BCUT2D eigenvalue weighted by Gasteiger charge is -2.26. The van der Waals surface area contributed by atoms with Gasteiger partial charge in [-0.25, -0.2) is 14.8 Å². The van der Waals surface area contributed by atoms with E-state index in [0.717, 1.165) is 38.1 Å². The minimum atomic E-state index is -4.76. The Kier molecular flexibility index (Phi) is 5.63. The van der Waals surface area contributed by atoms with E-state index in [2.05, 4.69) is 30.2 Å². The van der Waals surface area contributed by atoms with E-state index in [1.165, 1.54) is 30.9 Å². The number of piperidine rings is 1. The molecule has 0 unspecified atom stereocenters. The van der Waals surface area contributed by atoms with E-state index in [0.29, 0.717) is 17.3 Å². The lowest BCUT2D eigenvalue weighted by atomic mass is 10.1. The summed E-state index contributed by atoms with van der Waals surface area (Å²) in [6.45, 7) is 1.84. The predicted octanol–water partition coefficient (Wildman–Crippen LogP) is 4.01. The average molecular weight is 381 g/mol. The third-order valence-electron chi connectivity index (χ3n) is 3.88. The highest BCUT2D eigenvalue weighted by atomic mass is 19.4. The third-order valence-corrected chi connectivity index (χ3v) is 3.88. The van der Waals surface area contributed by atoms with Gasteiger partial charge < -0.3 is 20.3 Å².